The Bertz CT molecular complexity index is 898. The Morgan fingerprint density at radius 1 is 1.30 bits per heavy atom. The molecule has 13 heteroatoms. The molecule has 0 aromatic carbocycles. The molecule has 2 aromatic heterocycles. The lowest BCUT2D eigenvalue weighted by Gasteiger charge is -2.18. The molecule has 4 atom stereocenters. The lowest BCUT2D eigenvalue weighted by atomic mass is 10.2. The predicted molar refractivity (Wildman–Crippen MR) is 75.8 cm³/mol. The van der Waals surface area contributed by atoms with Gasteiger partial charge in [-0.2, -0.15) is 0 Å². The van der Waals surface area contributed by atoms with E-state index in [0.29, 0.717) is 0 Å². The number of phosphoric acid groups is 1. The maximum atomic E-state index is 12.0. The van der Waals surface area contributed by atoms with Crippen LogP contribution in [0.25, 0.3) is 10.2 Å². The van der Waals surface area contributed by atoms with Crippen LogP contribution >= 0.6 is 19.2 Å². The second kappa shape index (κ2) is 5.61. The van der Waals surface area contributed by atoms with E-state index in [4.69, 9.17) is 14.5 Å². The van der Waals surface area contributed by atoms with Gasteiger partial charge in [0.1, 0.15) is 16.9 Å². The van der Waals surface area contributed by atoms with Crippen molar-refractivity contribution in [3.05, 3.63) is 32.3 Å². The molecule has 1 aliphatic rings. The van der Waals surface area contributed by atoms with Gasteiger partial charge in [-0.15, -0.1) is 11.3 Å². The van der Waals surface area contributed by atoms with E-state index in [1.54, 1.807) is 0 Å². The highest BCUT2D eigenvalue weighted by Gasteiger charge is 2.47. The number of hydrogen-bond donors (Lipinski definition) is 5. The molecule has 0 saturated carbocycles. The Hall–Kier alpha value is -1.37. The summed E-state index contributed by atoms with van der Waals surface area (Å²) in [7, 11) is -4.99. The molecular formula is C10H11N2O9PS. The number of aliphatic hydroxyl groups excluding tert-OH is 2. The van der Waals surface area contributed by atoms with Crippen molar-refractivity contribution >= 4 is 29.4 Å². The normalized spacial score (nSPS) is 28.5. The fraction of sp³-hybridized carbons (Fsp3) is 0.400. The van der Waals surface area contributed by atoms with Crippen molar-refractivity contribution in [1.29, 1.82) is 0 Å². The summed E-state index contributed by atoms with van der Waals surface area (Å²) >= 11 is 1.05. The number of nitrogens with zero attached hydrogens (tertiary/aromatic N) is 1. The van der Waals surface area contributed by atoms with Gasteiger partial charge in [0.2, 0.25) is 0 Å². The number of phosphoric ester groups is 1. The van der Waals surface area contributed by atoms with Gasteiger partial charge < -0.3 is 24.7 Å². The smallest absolute Gasteiger partial charge is 0.385 e. The molecular weight excluding hydrogens is 355 g/mol. The predicted octanol–water partition coefficient (Wildman–Crippen LogP) is -1.56. The quantitative estimate of drug-likeness (QED) is 0.403. The van der Waals surface area contributed by atoms with Crippen molar-refractivity contribution < 1.29 is 33.8 Å². The summed E-state index contributed by atoms with van der Waals surface area (Å²) in [6.07, 6.45) is -6.86. The average Bonchev–Trinajstić information content (AvgIpc) is 3.00. The van der Waals surface area contributed by atoms with E-state index in [-0.39, 0.29) is 10.2 Å². The molecule has 1 saturated heterocycles. The first-order valence-corrected chi connectivity index (χ1v) is 8.57. The monoisotopic (exact) mass is 366 g/mol. The zero-order valence-electron chi connectivity index (χ0n) is 11.1. The van der Waals surface area contributed by atoms with Crippen molar-refractivity contribution in [3.63, 3.8) is 0 Å². The highest BCUT2D eigenvalue weighted by atomic mass is 32.1. The Balaban J connectivity index is 2.06. The van der Waals surface area contributed by atoms with Crippen LogP contribution in [0.3, 0.4) is 0 Å². The third-order valence-electron chi connectivity index (χ3n) is 3.24. The number of rotatable bonds is 3. The number of fused-ring (bicyclic) bond motifs is 1. The first-order valence-electron chi connectivity index (χ1n) is 6.16. The van der Waals surface area contributed by atoms with E-state index in [2.05, 4.69) is 4.52 Å². The maximum Gasteiger partial charge on any atom is 0.472 e. The highest BCUT2D eigenvalue weighted by molar-refractivity contribution is 7.46. The number of aromatic nitrogens is 2. The molecule has 3 heterocycles. The topological polar surface area (TPSA) is 171 Å². The summed E-state index contributed by atoms with van der Waals surface area (Å²) in [6.45, 7) is 0. The van der Waals surface area contributed by atoms with Crippen LogP contribution in [0.5, 0.6) is 0 Å². The molecule has 1 fully saturated rings. The third-order valence-corrected chi connectivity index (χ3v) is 4.62. The van der Waals surface area contributed by atoms with Crippen LogP contribution in [0, 0.1) is 0 Å². The molecule has 5 N–H and O–H groups in total. The minimum absolute atomic E-state index is 0.150. The second-order valence-electron chi connectivity index (χ2n) is 4.74. The van der Waals surface area contributed by atoms with Gasteiger partial charge in [-0.25, -0.2) is 9.36 Å². The lowest BCUT2D eigenvalue weighted by Crippen LogP contribution is -2.38. The van der Waals surface area contributed by atoms with Crippen LogP contribution in [0.1, 0.15) is 6.23 Å². The van der Waals surface area contributed by atoms with Crippen molar-refractivity contribution in [2.24, 2.45) is 0 Å². The van der Waals surface area contributed by atoms with Gasteiger partial charge in [0.05, 0.1) is 5.52 Å². The van der Waals surface area contributed by atoms with Crippen LogP contribution in [0.4, 0.5) is 0 Å². The fourth-order valence-electron chi connectivity index (χ4n) is 2.30. The Morgan fingerprint density at radius 3 is 2.65 bits per heavy atom. The summed E-state index contributed by atoms with van der Waals surface area (Å²) in [5.74, 6) is 0. The largest absolute Gasteiger partial charge is 0.472 e. The van der Waals surface area contributed by atoms with E-state index in [9.17, 15) is 24.4 Å². The molecule has 0 spiro atoms. The second-order valence-corrected chi connectivity index (χ2v) is 6.84. The van der Waals surface area contributed by atoms with Gasteiger partial charge in [-0.1, -0.05) is 0 Å². The van der Waals surface area contributed by atoms with Gasteiger partial charge in [0, 0.05) is 0 Å². The number of H-pyrrole nitrogens is 1. The molecule has 2 aromatic rings. The SMILES string of the molecule is O=c1[nH]c(=O)n([C@@H]2O[C@H](OP(=O)(O)O)[C@@H](O)[C@H]2O)c2ccsc12. The summed E-state index contributed by atoms with van der Waals surface area (Å²) in [4.78, 5) is 43.3. The van der Waals surface area contributed by atoms with Gasteiger partial charge in [0.15, 0.2) is 12.5 Å². The van der Waals surface area contributed by atoms with Crippen molar-refractivity contribution in [1.82, 2.24) is 9.55 Å². The molecule has 0 bridgehead atoms. The van der Waals surface area contributed by atoms with Crippen LogP contribution in [0.2, 0.25) is 0 Å². The van der Waals surface area contributed by atoms with Crippen molar-refractivity contribution in [2.75, 3.05) is 0 Å². The van der Waals surface area contributed by atoms with Crippen LogP contribution < -0.4 is 11.2 Å². The molecule has 0 aliphatic carbocycles. The minimum Gasteiger partial charge on any atom is -0.385 e. The maximum absolute atomic E-state index is 12.0. The standard InChI is InChI=1S/C10H11N2O9PS/c13-4-5(14)9(21-22(17,18)19)20-8(4)12-3-1-2-23-6(3)7(15)11-10(12)16/h1-2,4-5,8-9,13-14H,(H,11,15,16)(H2,17,18,19)/t4-,5+,8-,9-/m1/s1. The first kappa shape index (κ1) is 16.5. The third kappa shape index (κ3) is 2.91. The van der Waals surface area contributed by atoms with E-state index in [1.807, 2.05) is 4.98 Å². The number of nitrogens with one attached hydrogen (secondary N) is 1. The molecule has 3 rings (SSSR count). The molecule has 0 radical (unpaired) electrons. The van der Waals surface area contributed by atoms with Crippen LogP contribution in [0.15, 0.2) is 21.0 Å². The highest BCUT2D eigenvalue weighted by Crippen LogP contribution is 2.43. The molecule has 11 nitrogen and oxygen atoms in total. The van der Waals surface area contributed by atoms with Crippen molar-refractivity contribution in [3.8, 4) is 0 Å². The molecule has 23 heavy (non-hydrogen) atoms. The van der Waals surface area contributed by atoms with Crippen molar-refractivity contribution in [2.45, 2.75) is 24.7 Å². The zero-order chi connectivity index (χ0) is 16.9. The average molecular weight is 366 g/mol. The van der Waals surface area contributed by atoms with E-state index >= 15 is 0 Å². The number of thiophene rings is 1. The number of ether oxygens (including phenoxy) is 1. The number of hydrogen-bond acceptors (Lipinski definition) is 8. The zero-order valence-corrected chi connectivity index (χ0v) is 12.8. The first-order chi connectivity index (χ1) is 10.7. The summed E-state index contributed by atoms with van der Waals surface area (Å²) in [5.41, 5.74) is -1.38. The summed E-state index contributed by atoms with van der Waals surface area (Å²) in [5, 5.41) is 21.3. The summed E-state index contributed by atoms with van der Waals surface area (Å²) < 4.78 is 21.2. The van der Waals surface area contributed by atoms with Crippen LogP contribution in [-0.2, 0) is 13.8 Å². The Morgan fingerprint density at radius 2 is 2.00 bits per heavy atom. The number of aromatic amines is 1. The summed E-state index contributed by atoms with van der Waals surface area (Å²) in [6, 6.07) is 1.44. The van der Waals surface area contributed by atoms with E-state index in [1.165, 1.54) is 11.4 Å². The Labute approximate surface area is 130 Å². The lowest BCUT2D eigenvalue weighted by molar-refractivity contribution is -0.134. The number of aliphatic hydroxyl groups is 2. The molecule has 0 unspecified atom stereocenters. The molecule has 1 aliphatic heterocycles. The fourth-order valence-corrected chi connectivity index (χ4v) is 3.53. The molecule has 0 amide bonds. The molecule has 126 valence electrons. The minimum atomic E-state index is -4.99. The van der Waals surface area contributed by atoms with Gasteiger partial charge in [-0.05, 0) is 11.4 Å². The van der Waals surface area contributed by atoms with E-state index < -0.39 is 43.8 Å². The van der Waals surface area contributed by atoms with Gasteiger partial charge in [-0.3, -0.25) is 18.9 Å². The Kier molecular flexibility index (Phi) is 4.02. The van der Waals surface area contributed by atoms with Gasteiger partial charge in [0.25, 0.3) is 5.56 Å². The van der Waals surface area contributed by atoms with E-state index in [0.717, 1.165) is 15.9 Å². The van der Waals surface area contributed by atoms with Crippen LogP contribution in [-0.4, -0.2) is 48.0 Å². The van der Waals surface area contributed by atoms with Gasteiger partial charge >= 0.3 is 13.5 Å².